The van der Waals surface area contributed by atoms with Crippen LogP contribution in [-0.4, -0.2) is 30.7 Å². The van der Waals surface area contributed by atoms with E-state index in [4.69, 9.17) is 9.84 Å². The van der Waals surface area contributed by atoms with E-state index in [9.17, 15) is 18.0 Å². The second-order valence-corrected chi connectivity index (χ2v) is 3.89. The van der Waals surface area contributed by atoms with Crippen molar-refractivity contribution in [1.29, 1.82) is 0 Å². The fraction of sp³-hybridized carbons (Fsp3) is 0.308. The Kier molecular flexibility index (Phi) is 5.57. The number of ether oxygens (including phenoxy) is 2. The molecule has 20 heavy (non-hydrogen) atoms. The molecule has 0 aliphatic heterocycles. The molecule has 0 saturated carbocycles. The SMILES string of the molecule is Cc1cccc(/C=C/C(=O)O)c1OCOCC(F)(F)F. The maximum Gasteiger partial charge on any atom is 0.411 e. The standard InChI is InChI=1S/C13H13F3O4/c1-9-3-2-4-10(5-6-11(17)18)12(9)20-8-19-7-13(14,15)16/h2-6H,7-8H2,1H3,(H,17,18)/b6-5+. The average molecular weight is 290 g/mol. The number of carbonyl (C=O) groups is 1. The summed E-state index contributed by atoms with van der Waals surface area (Å²) in [5, 5.41) is 8.56. The molecule has 0 radical (unpaired) electrons. The maximum absolute atomic E-state index is 11.9. The fourth-order valence-electron chi connectivity index (χ4n) is 1.42. The lowest BCUT2D eigenvalue weighted by molar-refractivity contribution is -0.186. The summed E-state index contributed by atoms with van der Waals surface area (Å²) in [5.74, 6) is -0.849. The van der Waals surface area contributed by atoms with Crippen LogP contribution in [0.3, 0.4) is 0 Å². The Morgan fingerprint density at radius 1 is 1.40 bits per heavy atom. The molecule has 0 atom stereocenters. The first-order chi connectivity index (χ1) is 9.29. The zero-order valence-corrected chi connectivity index (χ0v) is 10.6. The van der Waals surface area contributed by atoms with Crippen LogP contribution in [0.4, 0.5) is 13.2 Å². The summed E-state index contributed by atoms with van der Waals surface area (Å²) in [7, 11) is 0. The summed E-state index contributed by atoms with van der Waals surface area (Å²) < 4.78 is 45.2. The minimum absolute atomic E-state index is 0.284. The molecule has 1 rings (SSSR count). The summed E-state index contributed by atoms with van der Waals surface area (Å²) in [4.78, 5) is 10.5. The molecule has 0 spiro atoms. The van der Waals surface area contributed by atoms with Gasteiger partial charge in [-0.3, -0.25) is 0 Å². The van der Waals surface area contributed by atoms with Crippen molar-refractivity contribution in [3.63, 3.8) is 0 Å². The van der Waals surface area contributed by atoms with Gasteiger partial charge in [-0.2, -0.15) is 13.2 Å². The second-order valence-electron chi connectivity index (χ2n) is 3.89. The number of para-hydroxylation sites is 1. The van der Waals surface area contributed by atoms with Crippen molar-refractivity contribution in [1.82, 2.24) is 0 Å². The number of carboxylic acids is 1. The number of aliphatic carboxylic acids is 1. The molecule has 0 aromatic heterocycles. The van der Waals surface area contributed by atoms with Gasteiger partial charge in [-0.15, -0.1) is 0 Å². The number of halogens is 3. The van der Waals surface area contributed by atoms with Crippen LogP contribution in [0.25, 0.3) is 6.08 Å². The highest BCUT2D eigenvalue weighted by molar-refractivity contribution is 5.86. The normalized spacial score (nSPS) is 11.8. The van der Waals surface area contributed by atoms with Crippen LogP contribution >= 0.6 is 0 Å². The highest BCUT2D eigenvalue weighted by Crippen LogP contribution is 2.25. The largest absolute Gasteiger partial charge is 0.478 e. The van der Waals surface area contributed by atoms with Gasteiger partial charge >= 0.3 is 12.1 Å². The van der Waals surface area contributed by atoms with Crippen molar-refractivity contribution in [3.8, 4) is 5.75 Å². The molecule has 7 heteroatoms. The van der Waals surface area contributed by atoms with E-state index < -0.39 is 25.5 Å². The number of alkyl halides is 3. The number of aryl methyl sites for hydroxylation is 1. The van der Waals surface area contributed by atoms with Gasteiger partial charge in [0.25, 0.3) is 0 Å². The molecule has 0 amide bonds. The number of rotatable bonds is 6. The Morgan fingerprint density at radius 3 is 2.70 bits per heavy atom. The first kappa shape index (κ1) is 16.0. The van der Waals surface area contributed by atoms with E-state index in [2.05, 4.69) is 4.74 Å². The second kappa shape index (κ2) is 6.95. The van der Waals surface area contributed by atoms with Gasteiger partial charge in [-0.1, -0.05) is 18.2 Å². The molecule has 0 saturated heterocycles. The van der Waals surface area contributed by atoms with Gasteiger partial charge in [0.05, 0.1) is 0 Å². The third-order valence-corrected chi connectivity index (χ3v) is 2.20. The van der Waals surface area contributed by atoms with Crippen LogP contribution in [0, 0.1) is 6.92 Å². The van der Waals surface area contributed by atoms with E-state index in [0.717, 1.165) is 6.08 Å². The van der Waals surface area contributed by atoms with Crippen molar-refractivity contribution in [2.75, 3.05) is 13.4 Å². The summed E-state index contributed by atoms with van der Waals surface area (Å²) in [6, 6.07) is 4.96. The lowest BCUT2D eigenvalue weighted by Gasteiger charge is -2.13. The molecule has 110 valence electrons. The number of carboxylic acid groups (broad SMARTS) is 1. The number of hydrogen-bond donors (Lipinski definition) is 1. The molecule has 1 aromatic rings. The topological polar surface area (TPSA) is 55.8 Å². The first-order valence-electron chi connectivity index (χ1n) is 5.57. The molecule has 0 aliphatic carbocycles. The summed E-state index contributed by atoms with van der Waals surface area (Å²) >= 11 is 0. The maximum atomic E-state index is 11.9. The van der Waals surface area contributed by atoms with Crippen LogP contribution in [0.15, 0.2) is 24.3 Å². The molecule has 0 bridgehead atoms. The summed E-state index contributed by atoms with van der Waals surface area (Å²) in [6.07, 6.45) is -2.20. The van der Waals surface area contributed by atoms with Gasteiger partial charge in [0, 0.05) is 11.6 Å². The molecule has 0 fully saturated rings. The Morgan fingerprint density at radius 2 is 2.10 bits per heavy atom. The van der Waals surface area contributed by atoms with Crippen LogP contribution in [0.5, 0.6) is 5.75 Å². The van der Waals surface area contributed by atoms with Crippen molar-refractivity contribution in [2.24, 2.45) is 0 Å². The predicted octanol–water partition coefficient (Wildman–Crippen LogP) is 3.01. The van der Waals surface area contributed by atoms with E-state index in [1.807, 2.05) is 0 Å². The third kappa shape index (κ3) is 5.75. The Labute approximate surface area is 113 Å². The fourth-order valence-corrected chi connectivity index (χ4v) is 1.42. The van der Waals surface area contributed by atoms with Crippen LogP contribution in [0.1, 0.15) is 11.1 Å². The summed E-state index contributed by atoms with van der Waals surface area (Å²) in [5.41, 5.74) is 1.11. The predicted molar refractivity (Wildman–Crippen MR) is 65.4 cm³/mol. The van der Waals surface area contributed by atoms with E-state index in [1.54, 1.807) is 25.1 Å². The van der Waals surface area contributed by atoms with E-state index in [-0.39, 0.29) is 5.75 Å². The molecule has 1 aromatic carbocycles. The van der Waals surface area contributed by atoms with Gasteiger partial charge < -0.3 is 14.6 Å². The Bertz CT molecular complexity index is 495. The molecule has 0 heterocycles. The van der Waals surface area contributed by atoms with Gasteiger partial charge in [0.15, 0.2) is 6.79 Å². The Balaban J connectivity index is 2.71. The van der Waals surface area contributed by atoms with Crippen molar-refractivity contribution >= 4 is 12.0 Å². The van der Waals surface area contributed by atoms with Crippen LogP contribution in [0.2, 0.25) is 0 Å². The van der Waals surface area contributed by atoms with Gasteiger partial charge in [0.1, 0.15) is 12.4 Å². The van der Waals surface area contributed by atoms with E-state index in [0.29, 0.717) is 11.1 Å². The highest BCUT2D eigenvalue weighted by atomic mass is 19.4. The monoisotopic (exact) mass is 290 g/mol. The zero-order chi connectivity index (χ0) is 15.2. The van der Waals surface area contributed by atoms with Crippen molar-refractivity contribution in [3.05, 3.63) is 35.4 Å². The summed E-state index contributed by atoms with van der Waals surface area (Å²) in [6.45, 7) is -0.283. The van der Waals surface area contributed by atoms with Gasteiger partial charge in [-0.25, -0.2) is 4.79 Å². The van der Waals surface area contributed by atoms with Crippen molar-refractivity contribution in [2.45, 2.75) is 13.1 Å². The minimum atomic E-state index is -4.42. The molecule has 1 N–H and O–H groups in total. The van der Waals surface area contributed by atoms with Crippen LogP contribution < -0.4 is 4.74 Å². The van der Waals surface area contributed by atoms with E-state index in [1.165, 1.54) is 6.08 Å². The first-order valence-corrected chi connectivity index (χ1v) is 5.57. The molecular formula is C13H13F3O4. The lowest BCUT2D eigenvalue weighted by Crippen LogP contribution is -2.19. The van der Waals surface area contributed by atoms with E-state index >= 15 is 0 Å². The van der Waals surface area contributed by atoms with Gasteiger partial charge in [0.2, 0.25) is 0 Å². The smallest absolute Gasteiger partial charge is 0.411 e. The molecular weight excluding hydrogens is 277 g/mol. The third-order valence-electron chi connectivity index (χ3n) is 2.20. The van der Waals surface area contributed by atoms with Crippen LogP contribution in [-0.2, 0) is 9.53 Å². The Hall–Kier alpha value is -2.02. The molecule has 0 unspecified atom stereocenters. The minimum Gasteiger partial charge on any atom is -0.478 e. The lowest BCUT2D eigenvalue weighted by atomic mass is 10.1. The van der Waals surface area contributed by atoms with Crippen molar-refractivity contribution < 1.29 is 32.5 Å². The quantitative estimate of drug-likeness (QED) is 0.497. The number of hydrogen-bond acceptors (Lipinski definition) is 3. The molecule has 0 aliphatic rings. The zero-order valence-electron chi connectivity index (χ0n) is 10.6. The number of benzene rings is 1. The van der Waals surface area contributed by atoms with Gasteiger partial charge in [-0.05, 0) is 18.6 Å². The average Bonchev–Trinajstić information content (AvgIpc) is 2.32. The molecule has 4 nitrogen and oxygen atoms in total. The highest BCUT2D eigenvalue weighted by Gasteiger charge is 2.27.